The first-order valence-corrected chi connectivity index (χ1v) is 9.78. The molecule has 0 saturated carbocycles. The van der Waals surface area contributed by atoms with E-state index >= 15 is 0 Å². The molecule has 4 N–H and O–H groups in total. The summed E-state index contributed by atoms with van der Waals surface area (Å²) in [5.41, 5.74) is 1.58. The lowest BCUT2D eigenvalue weighted by molar-refractivity contribution is -0.0568. The Bertz CT molecular complexity index is 699. The summed E-state index contributed by atoms with van der Waals surface area (Å²) >= 11 is 0. The van der Waals surface area contributed by atoms with E-state index in [0.717, 1.165) is 30.3 Å². The summed E-state index contributed by atoms with van der Waals surface area (Å²) in [7, 11) is 1.38. The molecule has 2 rings (SSSR count). The van der Waals surface area contributed by atoms with Gasteiger partial charge in [-0.25, -0.2) is 9.59 Å². The third-order valence-electron chi connectivity index (χ3n) is 4.66. The highest BCUT2D eigenvalue weighted by Gasteiger charge is 2.45. The van der Waals surface area contributed by atoms with E-state index in [9.17, 15) is 19.8 Å². The fraction of sp³-hybridized carbons (Fsp3) is 0.722. The van der Waals surface area contributed by atoms with Gasteiger partial charge in [0, 0.05) is 25.9 Å². The maximum absolute atomic E-state index is 12.3. The maximum Gasteiger partial charge on any atom is 0.431 e. The molecule has 11 nitrogen and oxygen atoms in total. The number of aliphatic hydroxyl groups is 2. The van der Waals surface area contributed by atoms with Gasteiger partial charge >= 0.3 is 11.8 Å². The number of carbonyl (C=O) groups is 1. The van der Waals surface area contributed by atoms with E-state index in [1.807, 2.05) is 0 Å². The smallest absolute Gasteiger partial charge is 0.394 e. The first-order valence-electron chi connectivity index (χ1n) is 9.78. The number of aromatic nitrogens is 2. The van der Waals surface area contributed by atoms with Crippen molar-refractivity contribution in [3.05, 3.63) is 22.7 Å². The quantitative estimate of drug-likeness (QED) is 0.301. The Morgan fingerprint density at radius 2 is 2.10 bits per heavy atom. The number of aliphatic hydroxyl groups excluding tert-OH is 2. The highest BCUT2D eigenvalue weighted by Crippen LogP contribution is 2.29. The lowest BCUT2D eigenvalue weighted by Gasteiger charge is -2.18. The number of unbranched alkanes of at least 4 members (excludes halogenated alkanes) is 4. The predicted octanol–water partition coefficient (Wildman–Crippen LogP) is 0.532. The molecule has 1 aromatic heterocycles. The van der Waals surface area contributed by atoms with Crippen LogP contribution in [0.2, 0.25) is 0 Å². The van der Waals surface area contributed by atoms with Crippen molar-refractivity contribution in [1.82, 2.24) is 14.9 Å². The summed E-state index contributed by atoms with van der Waals surface area (Å²) in [6.07, 6.45) is 2.30. The summed E-state index contributed by atoms with van der Waals surface area (Å²) in [5.74, 6) is 0.0267. The van der Waals surface area contributed by atoms with Crippen molar-refractivity contribution in [2.45, 2.75) is 63.6 Å². The number of ether oxygens (including phenoxy) is 2. The summed E-state index contributed by atoms with van der Waals surface area (Å²) in [4.78, 5) is 32.5. The standard InChI is InChI=1S/C18H30N4O7/c1-3-4-5-6-7-9-19-18(26)29-21-13-8-10-22(17(25)20-13)16-14(24)15(27-2)12(11-23)28-16/h8,10,12,14-16,23-24H,3-7,9,11H2,1-2H3,(H,19,26)(H,20,21,25)/t12-,14+,15+,16-/m1/s1. The second-order valence-electron chi connectivity index (χ2n) is 6.77. The number of methoxy groups -OCH3 is 1. The number of anilines is 1. The molecule has 0 spiro atoms. The SMILES string of the molecule is CCCCCCCNC(=O)ONc1ccn([C@@H]2O[C@H](CO)[C@H](OC)[C@@H]2O)c(=O)n1. The molecule has 4 atom stereocenters. The first-order chi connectivity index (χ1) is 14.0. The molecule has 0 aliphatic carbocycles. The van der Waals surface area contributed by atoms with Crippen LogP contribution in [0.25, 0.3) is 0 Å². The summed E-state index contributed by atoms with van der Waals surface area (Å²) < 4.78 is 11.7. The van der Waals surface area contributed by atoms with Crippen molar-refractivity contribution in [1.29, 1.82) is 0 Å². The number of nitrogens with zero attached hydrogens (tertiary/aromatic N) is 2. The average molecular weight is 414 g/mol. The molecule has 1 amide bonds. The van der Waals surface area contributed by atoms with Gasteiger partial charge in [-0.2, -0.15) is 10.5 Å². The third kappa shape index (κ3) is 6.39. The van der Waals surface area contributed by atoms with Crippen LogP contribution >= 0.6 is 0 Å². The predicted molar refractivity (Wildman–Crippen MR) is 103 cm³/mol. The van der Waals surface area contributed by atoms with E-state index in [1.165, 1.54) is 25.8 Å². The monoisotopic (exact) mass is 414 g/mol. The molecular formula is C18H30N4O7. The van der Waals surface area contributed by atoms with Crippen LogP contribution in [-0.4, -0.2) is 64.4 Å². The van der Waals surface area contributed by atoms with Crippen molar-refractivity contribution >= 4 is 11.9 Å². The molecule has 1 saturated heterocycles. The van der Waals surface area contributed by atoms with Gasteiger partial charge in [-0.15, -0.1) is 0 Å². The molecule has 1 aliphatic heterocycles. The minimum absolute atomic E-state index is 0.0267. The molecule has 1 aliphatic rings. The van der Waals surface area contributed by atoms with Crippen LogP contribution in [0, 0.1) is 0 Å². The third-order valence-corrected chi connectivity index (χ3v) is 4.66. The lowest BCUT2D eigenvalue weighted by atomic mass is 10.1. The lowest BCUT2D eigenvalue weighted by Crippen LogP contribution is -2.37. The summed E-state index contributed by atoms with van der Waals surface area (Å²) in [6.45, 7) is 2.27. The van der Waals surface area contributed by atoms with Crippen LogP contribution in [0.3, 0.4) is 0 Å². The molecule has 0 unspecified atom stereocenters. The molecule has 29 heavy (non-hydrogen) atoms. The first kappa shape index (κ1) is 23.1. The van der Waals surface area contributed by atoms with Gasteiger partial charge in [0.15, 0.2) is 12.0 Å². The summed E-state index contributed by atoms with van der Waals surface area (Å²) in [6, 6.07) is 1.39. The van der Waals surface area contributed by atoms with Crippen LogP contribution in [0.15, 0.2) is 17.1 Å². The van der Waals surface area contributed by atoms with E-state index in [-0.39, 0.29) is 12.4 Å². The van der Waals surface area contributed by atoms with Gasteiger partial charge in [-0.3, -0.25) is 4.57 Å². The van der Waals surface area contributed by atoms with E-state index in [4.69, 9.17) is 14.3 Å². The number of carbonyl (C=O) groups excluding carboxylic acids is 1. The Morgan fingerprint density at radius 3 is 2.72 bits per heavy atom. The second-order valence-corrected chi connectivity index (χ2v) is 6.77. The average Bonchev–Trinajstić information content (AvgIpc) is 3.04. The Balaban J connectivity index is 1.84. The van der Waals surface area contributed by atoms with Gasteiger partial charge in [0.1, 0.15) is 18.3 Å². The van der Waals surface area contributed by atoms with Crippen molar-refractivity contribution < 1.29 is 29.3 Å². The Hall–Kier alpha value is -2.21. The Kier molecular flexibility index (Phi) is 9.32. The molecule has 11 heteroatoms. The van der Waals surface area contributed by atoms with Crippen LogP contribution in [0.4, 0.5) is 10.6 Å². The van der Waals surface area contributed by atoms with Crippen LogP contribution in [-0.2, 0) is 14.3 Å². The number of hydrogen-bond donors (Lipinski definition) is 4. The molecule has 0 radical (unpaired) electrons. The minimum atomic E-state index is -1.16. The van der Waals surface area contributed by atoms with E-state index < -0.39 is 36.3 Å². The highest BCUT2D eigenvalue weighted by atomic mass is 16.7. The van der Waals surface area contributed by atoms with Crippen molar-refractivity contribution in [2.75, 3.05) is 25.7 Å². The zero-order valence-electron chi connectivity index (χ0n) is 16.7. The van der Waals surface area contributed by atoms with Gasteiger partial charge in [0.2, 0.25) is 0 Å². The Morgan fingerprint density at radius 1 is 1.34 bits per heavy atom. The number of hydrogen-bond acceptors (Lipinski definition) is 9. The molecule has 0 bridgehead atoms. The molecule has 164 valence electrons. The fourth-order valence-electron chi connectivity index (χ4n) is 3.10. The van der Waals surface area contributed by atoms with Gasteiger partial charge in [0.25, 0.3) is 0 Å². The van der Waals surface area contributed by atoms with Crippen LogP contribution in [0.1, 0.15) is 45.3 Å². The number of rotatable bonds is 11. The van der Waals surface area contributed by atoms with Crippen LogP contribution < -0.4 is 16.5 Å². The number of nitrogens with one attached hydrogen (secondary N) is 2. The normalized spacial score (nSPS) is 23.7. The molecule has 1 fully saturated rings. The maximum atomic E-state index is 12.3. The van der Waals surface area contributed by atoms with Crippen molar-refractivity contribution in [3.63, 3.8) is 0 Å². The number of amides is 1. The second kappa shape index (κ2) is 11.7. The zero-order chi connectivity index (χ0) is 21.2. The Labute approximate surface area is 168 Å². The van der Waals surface area contributed by atoms with Gasteiger partial charge < -0.3 is 29.8 Å². The van der Waals surface area contributed by atoms with E-state index in [1.54, 1.807) is 0 Å². The van der Waals surface area contributed by atoms with Gasteiger partial charge in [-0.1, -0.05) is 32.6 Å². The zero-order valence-corrected chi connectivity index (χ0v) is 16.7. The topological polar surface area (TPSA) is 144 Å². The molecule has 1 aromatic rings. The van der Waals surface area contributed by atoms with Gasteiger partial charge in [0.05, 0.1) is 6.61 Å². The highest BCUT2D eigenvalue weighted by molar-refractivity contribution is 5.67. The molecule has 2 heterocycles. The van der Waals surface area contributed by atoms with E-state index in [0.29, 0.717) is 6.54 Å². The van der Waals surface area contributed by atoms with Crippen molar-refractivity contribution in [3.8, 4) is 0 Å². The van der Waals surface area contributed by atoms with Gasteiger partial charge in [-0.05, 0) is 6.42 Å². The fourth-order valence-corrected chi connectivity index (χ4v) is 3.10. The molecular weight excluding hydrogens is 384 g/mol. The van der Waals surface area contributed by atoms with Crippen molar-refractivity contribution in [2.24, 2.45) is 0 Å². The summed E-state index contributed by atoms with van der Waals surface area (Å²) in [5, 5.41) is 22.2. The van der Waals surface area contributed by atoms with Crippen LogP contribution in [0.5, 0.6) is 0 Å². The largest absolute Gasteiger partial charge is 0.431 e. The minimum Gasteiger partial charge on any atom is -0.394 e. The molecule has 0 aromatic carbocycles. The van der Waals surface area contributed by atoms with E-state index in [2.05, 4.69) is 22.7 Å².